The van der Waals surface area contributed by atoms with Gasteiger partial charge in [0.05, 0.1) is 9.82 Å². The first-order valence-corrected chi connectivity index (χ1v) is 10.5. The standard InChI is InChI=1S/C19H23N3O4S/c23-22(24)18-8-10-19(11-9-18)27(25,26)20-14-16-4-6-17(7-5-16)15-21-12-2-1-3-13-21/h4-11,20H,1-3,12-15H2. The smallest absolute Gasteiger partial charge is 0.269 e. The molecule has 1 heterocycles. The summed E-state index contributed by atoms with van der Waals surface area (Å²) in [4.78, 5) is 12.6. The Balaban J connectivity index is 1.57. The van der Waals surface area contributed by atoms with E-state index in [0.29, 0.717) is 0 Å². The summed E-state index contributed by atoms with van der Waals surface area (Å²) in [6, 6.07) is 12.8. The Labute approximate surface area is 159 Å². The highest BCUT2D eigenvalue weighted by atomic mass is 32.2. The average molecular weight is 389 g/mol. The molecule has 7 nitrogen and oxygen atoms in total. The number of nitrogens with one attached hydrogen (secondary N) is 1. The Hall–Kier alpha value is -2.29. The number of hydrogen-bond acceptors (Lipinski definition) is 5. The number of rotatable bonds is 7. The van der Waals surface area contributed by atoms with Gasteiger partial charge in [0.15, 0.2) is 0 Å². The number of piperidine rings is 1. The second kappa shape index (κ2) is 8.60. The third-order valence-electron chi connectivity index (χ3n) is 4.70. The molecule has 0 atom stereocenters. The highest BCUT2D eigenvalue weighted by molar-refractivity contribution is 7.89. The van der Waals surface area contributed by atoms with Crippen LogP contribution in [0.3, 0.4) is 0 Å². The molecule has 2 aromatic rings. The van der Waals surface area contributed by atoms with E-state index < -0.39 is 14.9 Å². The van der Waals surface area contributed by atoms with Crippen molar-refractivity contribution in [2.45, 2.75) is 37.2 Å². The molecular weight excluding hydrogens is 366 g/mol. The maximum Gasteiger partial charge on any atom is 0.269 e. The highest BCUT2D eigenvalue weighted by Gasteiger charge is 2.16. The molecule has 144 valence electrons. The first kappa shape index (κ1) is 19.5. The van der Waals surface area contributed by atoms with Crippen LogP contribution in [-0.4, -0.2) is 31.3 Å². The summed E-state index contributed by atoms with van der Waals surface area (Å²) < 4.78 is 27.2. The third kappa shape index (κ3) is 5.35. The van der Waals surface area contributed by atoms with Gasteiger partial charge in [-0.1, -0.05) is 30.7 Å². The Morgan fingerprint density at radius 1 is 0.926 bits per heavy atom. The molecule has 0 spiro atoms. The Bertz CT molecular complexity index is 874. The topological polar surface area (TPSA) is 92.5 Å². The van der Waals surface area contributed by atoms with Crippen LogP contribution >= 0.6 is 0 Å². The van der Waals surface area contributed by atoms with Crippen LogP contribution in [-0.2, 0) is 23.1 Å². The fourth-order valence-electron chi connectivity index (χ4n) is 3.15. The van der Waals surface area contributed by atoms with Crippen LogP contribution in [0.25, 0.3) is 0 Å². The molecule has 1 N–H and O–H groups in total. The molecule has 0 radical (unpaired) electrons. The molecule has 3 rings (SSSR count). The summed E-state index contributed by atoms with van der Waals surface area (Å²) in [7, 11) is -3.71. The maximum absolute atomic E-state index is 12.3. The number of nitro groups is 1. The van der Waals surface area contributed by atoms with E-state index in [1.165, 1.54) is 49.1 Å². The molecule has 0 unspecified atom stereocenters. The molecule has 0 amide bonds. The monoisotopic (exact) mass is 389 g/mol. The first-order valence-electron chi connectivity index (χ1n) is 8.98. The zero-order chi connectivity index (χ0) is 19.3. The lowest BCUT2D eigenvalue weighted by atomic mass is 10.1. The number of likely N-dealkylation sites (tertiary alicyclic amines) is 1. The molecule has 27 heavy (non-hydrogen) atoms. The number of non-ortho nitro benzene ring substituents is 1. The zero-order valence-corrected chi connectivity index (χ0v) is 15.8. The molecule has 1 saturated heterocycles. The molecule has 1 fully saturated rings. The van der Waals surface area contributed by atoms with Crippen LogP contribution in [0.15, 0.2) is 53.4 Å². The van der Waals surface area contributed by atoms with Crippen molar-refractivity contribution in [3.8, 4) is 0 Å². The van der Waals surface area contributed by atoms with Gasteiger partial charge < -0.3 is 0 Å². The fraction of sp³-hybridized carbons (Fsp3) is 0.368. The molecule has 0 aliphatic carbocycles. The van der Waals surface area contributed by atoms with Gasteiger partial charge in [0, 0.05) is 25.2 Å². The largest absolute Gasteiger partial charge is 0.299 e. The summed E-state index contributed by atoms with van der Waals surface area (Å²) in [5, 5.41) is 10.7. The molecule has 0 bridgehead atoms. The zero-order valence-electron chi connectivity index (χ0n) is 15.0. The quantitative estimate of drug-likeness (QED) is 0.580. The van der Waals surface area contributed by atoms with Crippen LogP contribution < -0.4 is 4.72 Å². The SMILES string of the molecule is O=[N+]([O-])c1ccc(S(=O)(=O)NCc2ccc(CN3CCCCC3)cc2)cc1. The highest BCUT2D eigenvalue weighted by Crippen LogP contribution is 2.17. The van der Waals surface area contributed by atoms with E-state index in [-0.39, 0.29) is 17.1 Å². The van der Waals surface area contributed by atoms with E-state index in [1.54, 1.807) is 0 Å². The minimum absolute atomic E-state index is 0.00909. The van der Waals surface area contributed by atoms with Crippen molar-refractivity contribution in [2.75, 3.05) is 13.1 Å². The predicted octanol–water partition coefficient (Wildman–Crippen LogP) is 3.06. The molecule has 0 saturated carbocycles. The molecule has 0 aromatic heterocycles. The Morgan fingerprint density at radius 3 is 2.11 bits per heavy atom. The van der Waals surface area contributed by atoms with E-state index >= 15 is 0 Å². The van der Waals surface area contributed by atoms with Crippen LogP contribution in [0.1, 0.15) is 30.4 Å². The van der Waals surface area contributed by atoms with E-state index in [4.69, 9.17) is 0 Å². The summed E-state index contributed by atoms with van der Waals surface area (Å²) >= 11 is 0. The van der Waals surface area contributed by atoms with E-state index in [2.05, 4.69) is 9.62 Å². The third-order valence-corrected chi connectivity index (χ3v) is 6.12. The van der Waals surface area contributed by atoms with Gasteiger partial charge in [-0.15, -0.1) is 0 Å². The minimum Gasteiger partial charge on any atom is -0.299 e. The molecule has 2 aromatic carbocycles. The van der Waals surface area contributed by atoms with Crippen LogP contribution in [0.2, 0.25) is 0 Å². The van der Waals surface area contributed by atoms with Crippen LogP contribution in [0, 0.1) is 10.1 Å². The lowest BCUT2D eigenvalue weighted by molar-refractivity contribution is -0.384. The lowest BCUT2D eigenvalue weighted by Crippen LogP contribution is -2.29. The van der Waals surface area contributed by atoms with Gasteiger partial charge in [-0.05, 0) is 49.2 Å². The molecule has 8 heteroatoms. The van der Waals surface area contributed by atoms with Crippen molar-refractivity contribution in [3.05, 3.63) is 69.8 Å². The maximum atomic E-state index is 12.3. The van der Waals surface area contributed by atoms with Crippen molar-refractivity contribution in [1.29, 1.82) is 0 Å². The van der Waals surface area contributed by atoms with Gasteiger partial charge in [0.25, 0.3) is 5.69 Å². The Kier molecular flexibility index (Phi) is 6.20. The van der Waals surface area contributed by atoms with Crippen LogP contribution in [0.5, 0.6) is 0 Å². The molecular formula is C19H23N3O4S. The summed E-state index contributed by atoms with van der Waals surface area (Å²) in [6.45, 7) is 3.37. The fourth-order valence-corrected chi connectivity index (χ4v) is 4.16. The Morgan fingerprint density at radius 2 is 1.52 bits per heavy atom. The number of nitro benzene ring substituents is 1. The van der Waals surface area contributed by atoms with Crippen molar-refractivity contribution in [1.82, 2.24) is 9.62 Å². The number of sulfonamides is 1. The second-order valence-electron chi connectivity index (χ2n) is 6.73. The van der Waals surface area contributed by atoms with Crippen molar-refractivity contribution >= 4 is 15.7 Å². The van der Waals surface area contributed by atoms with Gasteiger partial charge in [0.2, 0.25) is 10.0 Å². The number of hydrogen-bond donors (Lipinski definition) is 1. The van der Waals surface area contributed by atoms with Crippen molar-refractivity contribution < 1.29 is 13.3 Å². The normalized spacial score (nSPS) is 15.6. The van der Waals surface area contributed by atoms with Crippen molar-refractivity contribution in [3.63, 3.8) is 0 Å². The van der Waals surface area contributed by atoms with Crippen LogP contribution in [0.4, 0.5) is 5.69 Å². The van der Waals surface area contributed by atoms with E-state index in [9.17, 15) is 18.5 Å². The van der Waals surface area contributed by atoms with Gasteiger partial charge in [-0.25, -0.2) is 13.1 Å². The van der Waals surface area contributed by atoms with Gasteiger partial charge in [-0.2, -0.15) is 0 Å². The minimum atomic E-state index is -3.71. The number of benzene rings is 2. The lowest BCUT2D eigenvalue weighted by Gasteiger charge is -2.26. The summed E-state index contributed by atoms with van der Waals surface area (Å²) in [5.74, 6) is 0. The second-order valence-corrected chi connectivity index (χ2v) is 8.50. The molecule has 1 aliphatic heterocycles. The van der Waals surface area contributed by atoms with E-state index in [1.807, 2.05) is 24.3 Å². The summed E-state index contributed by atoms with van der Waals surface area (Å²) in [5.41, 5.74) is 1.94. The van der Waals surface area contributed by atoms with Gasteiger partial charge in [0.1, 0.15) is 0 Å². The first-order chi connectivity index (χ1) is 12.9. The van der Waals surface area contributed by atoms with Gasteiger partial charge >= 0.3 is 0 Å². The molecule has 1 aliphatic rings. The number of nitrogens with zero attached hydrogens (tertiary/aromatic N) is 2. The van der Waals surface area contributed by atoms with E-state index in [0.717, 1.165) is 25.2 Å². The predicted molar refractivity (Wildman–Crippen MR) is 103 cm³/mol. The average Bonchev–Trinajstić information content (AvgIpc) is 2.68. The van der Waals surface area contributed by atoms with Gasteiger partial charge in [-0.3, -0.25) is 15.0 Å². The van der Waals surface area contributed by atoms with Crippen molar-refractivity contribution in [2.24, 2.45) is 0 Å². The summed E-state index contributed by atoms with van der Waals surface area (Å²) in [6.07, 6.45) is 3.81.